The van der Waals surface area contributed by atoms with Crippen LogP contribution in [-0.2, 0) is 14.4 Å². The summed E-state index contributed by atoms with van der Waals surface area (Å²) < 4.78 is 0. The number of nitrogens with one attached hydrogen (secondary N) is 3. The van der Waals surface area contributed by atoms with Crippen molar-refractivity contribution in [2.24, 2.45) is 11.7 Å². The van der Waals surface area contributed by atoms with Gasteiger partial charge in [0.2, 0.25) is 23.7 Å². The topological polar surface area (TPSA) is 193 Å². The number of nitrogens with zero attached hydrogens (tertiary/aromatic N) is 3. The molecule has 178 valence electrons. The van der Waals surface area contributed by atoms with Crippen molar-refractivity contribution in [2.75, 3.05) is 28.6 Å². The summed E-state index contributed by atoms with van der Waals surface area (Å²) >= 11 is 0. The number of primary amides is 1. The second-order valence-electron chi connectivity index (χ2n) is 8.37. The molecule has 1 fully saturated rings. The zero-order chi connectivity index (χ0) is 24.6. The molecule has 13 nitrogen and oxygen atoms in total. The molecule has 0 bridgehead atoms. The molecule has 13 heteroatoms. The number of nitro groups is 1. The van der Waals surface area contributed by atoms with Gasteiger partial charge >= 0.3 is 0 Å². The molecule has 3 heterocycles. The van der Waals surface area contributed by atoms with E-state index >= 15 is 0 Å². The van der Waals surface area contributed by atoms with Gasteiger partial charge in [-0.2, -0.15) is 4.98 Å². The molecule has 2 aliphatic heterocycles. The third kappa shape index (κ3) is 4.44. The predicted octanol–water partition coefficient (Wildman–Crippen LogP) is 0.753. The number of carbonyl (C=O) groups excluding carboxylic acids is 3. The molecule has 0 spiro atoms. The Morgan fingerprint density at radius 2 is 1.97 bits per heavy atom. The number of nitro benzene ring substituents is 1. The summed E-state index contributed by atoms with van der Waals surface area (Å²) in [7, 11) is 0. The normalized spacial score (nSPS) is 18.1. The van der Waals surface area contributed by atoms with Gasteiger partial charge in [0.05, 0.1) is 22.1 Å². The average molecular weight is 469 g/mol. The minimum absolute atomic E-state index is 0.0101. The number of H-pyrrole nitrogens is 1. The van der Waals surface area contributed by atoms with Crippen molar-refractivity contribution in [3.8, 4) is 0 Å². The van der Waals surface area contributed by atoms with Crippen molar-refractivity contribution in [1.29, 1.82) is 0 Å². The SMILES string of the molecule is Cc1ccc([N+](=O)[O-])cc1NC(=O)[C@H]1CC(=O)Nc2nc(N3CCC(C(N)=O)CC3)[nH]c(=O)c21. The van der Waals surface area contributed by atoms with E-state index in [2.05, 4.69) is 20.6 Å². The Morgan fingerprint density at radius 3 is 2.62 bits per heavy atom. The number of hydrogen-bond donors (Lipinski definition) is 4. The lowest BCUT2D eigenvalue weighted by atomic mass is 9.92. The standard InChI is InChI=1S/C21H23N7O6/c1-10-2-3-12(28(33)34)8-14(10)23-19(31)13-9-15(29)24-18-16(13)20(32)26-21(25-18)27-6-4-11(5-7-27)17(22)30/h2-3,8,11,13H,4-7,9H2,1H3,(H2,22,30)(H,23,31)(H2,24,25,26,29,32)/t13-/m0/s1. The van der Waals surface area contributed by atoms with Gasteiger partial charge in [0.1, 0.15) is 5.82 Å². The third-order valence-electron chi connectivity index (χ3n) is 6.14. The average Bonchev–Trinajstić information content (AvgIpc) is 2.79. The quantitative estimate of drug-likeness (QED) is 0.364. The number of carbonyl (C=O) groups is 3. The van der Waals surface area contributed by atoms with Crippen LogP contribution in [0, 0.1) is 23.0 Å². The van der Waals surface area contributed by atoms with Gasteiger partial charge in [-0.15, -0.1) is 0 Å². The lowest BCUT2D eigenvalue weighted by molar-refractivity contribution is -0.384. The van der Waals surface area contributed by atoms with Crippen LogP contribution in [0.4, 0.5) is 23.1 Å². The summed E-state index contributed by atoms with van der Waals surface area (Å²) in [4.78, 5) is 69.0. The van der Waals surface area contributed by atoms with Gasteiger partial charge in [-0.05, 0) is 25.3 Å². The monoisotopic (exact) mass is 469 g/mol. The largest absolute Gasteiger partial charge is 0.369 e. The predicted molar refractivity (Wildman–Crippen MR) is 121 cm³/mol. The molecule has 1 atom stereocenters. The van der Waals surface area contributed by atoms with E-state index < -0.39 is 28.2 Å². The fraction of sp³-hybridized carbons (Fsp3) is 0.381. The minimum atomic E-state index is -1.13. The minimum Gasteiger partial charge on any atom is -0.369 e. The van der Waals surface area contributed by atoms with Gasteiger partial charge in [-0.1, -0.05) is 6.07 Å². The van der Waals surface area contributed by atoms with E-state index in [1.807, 2.05) is 0 Å². The Morgan fingerprint density at radius 1 is 1.26 bits per heavy atom. The van der Waals surface area contributed by atoms with E-state index in [1.165, 1.54) is 18.2 Å². The molecule has 4 rings (SSSR count). The molecule has 1 aromatic heterocycles. The van der Waals surface area contributed by atoms with E-state index in [4.69, 9.17) is 5.73 Å². The molecule has 1 saturated heterocycles. The van der Waals surface area contributed by atoms with Crippen LogP contribution in [0.3, 0.4) is 0 Å². The molecule has 5 N–H and O–H groups in total. The number of hydrogen-bond acceptors (Lipinski definition) is 8. The lowest BCUT2D eigenvalue weighted by Gasteiger charge is -2.32. The van der Waals surface area contributed by atoms with Crippen LogP contribution in [0.1, 0.15) is 36.3 Å². The van der Waals surface area contributed by atoms with Crippen molar-refractivity contribution in [1.82, 2.24) is 9.97 Å². The highest BCUT2D eigenvalue weighted by Gasteiger charge is 2.36. The summed E-state index contributed by atoms with van der Waals surface area (Å²) in [6.45, 7) is 2.56. The van der Waals surface area contributed by atoms with E-state index in [9.17, 15) is 29.3 Å². The van der Waals surface area contributed by atoms with E-state index in [1.54, 1.807) is 11.8 Å². The molecule has 1 aromatic carbocycles. The van der Waals surface area contributed by atoms with E-state index in [0.717, 1.165) is 0 Å². The van der Waals surface area contributed by atoms with Crippen molar-refractivity contribution in [3.05, 3.63) is 49.8 Å². The number of anilines is 3. The van der Waals surface area contributed by atoms with Crippen LogP contribution in [0.5, 0.6) is 0 Å². The molecule has 0 radical (unpaired) electrons. The fourth-order valence-electron chi connectivity index (χ4n) is 4.19. The number of aryl methyl sites for hydroxylation is 1. The number of rotatable bonds is 5. The highest BCUT2D eigenvalue weighted by molar-refractivity contribution is 6.04. The van der Waals surface area contributed by atoms with Crippen LogP contribution < -0.4 is 26.8 Å². The van der Waals surface area contributed by atoms with Gasteiger partial charge < -0.3 is 21.3 Å². The summed E-state index contributed by atoms with van der Waals surface area (Å²) in [5, 5.41) is 16.2. The van der Waals surface area contributed by atoms with E-state index in [-0.39, 0.29) is 47.0 Å². The molecule has 3 amide bonds. The molecular formula is C21H23N7O6. The van der Waals surface area contributed by atoms with Crippen LogP contribution in [-0.4, -0.2) is 45.7 Å². The summed E-state index contributed by atoms with van der Waals surface area (Å²) in [5.41, 5.74) is 5.39. The number of aromatic nitrogens is 2. The number of fused-ring (bicyclic) bond motifs is 1. The molecule has 0 saturated carbocycles. The third-order valence-corrected chi connectivity index (χ3v) is 6.14. The number of piperidine rings is 1. The maximum absolute atomic E-state index is 13.1. The first-order chi connectivity index (χ1) is 16.1. The highest BCUT2D eigenvalue weighted by atomic mass is 16.6. The van der Waals surface area contributed by atoms with Crippen LogP contribution in [0.2, 0.25) is 0 Å². The molecule has 34 heavy (non-hydrogen) atoms. The highest BCUT2D eigenvalue weighted by Crippen LogP contribution is 2.32. The van der Waals surface area contributed by atoms with Crippen molar-refractivity contribution in [3.63, 3.8) is 0 Å². The van der Waals surface area contributed by atoms with Gasteiger partial charge in [0.25, 0.3) is 11.2 Å². The first kappa shape index (κ1) is 22.9. The van der Waals surface area contributed by atoms with Crippen molar-refractivity contribution in [2.45, 2.75) is 32.1 Å². The Kier molecular flexibility index (Phi) is 6.01. The van der Waals surface area contributed by atoms with E-state index in [0.29, 0.717) is 31.5 Å². The first-order valence-electron chi connectivity index (χ1n) is 10.7. The van der Waals surface area contributed by atoms with Crippen molar-refractivity contribution < 1.29 is 19.3 Å². The summed E-state index contributed by atoms with van der Waals surface area (Å²) in [6, 6.07) is 4.03. The molecular weight excluding hydrogens is 446 g/mol. The van der Waals surface area contributed by atoms with Gasteiger partial charge in [0, 0.05) is 37.6 Å². The molecule has 2 aromatic rings. The number of benzene rings is 1. The Bertz CT molecular complexity index is 1250. The van der Waals surface area contributed by atoms with Gasteiger partial charge in [-0.3, -0.25) is 34.3 Å². The summed E-state index contributed by atoms with van der Waals surface area (Å²) in [5.74, 6) is -2.67. The number of nitrogens with two attached hydrogens (primary N) is 1. The van der Waals surface area contributed by atoms with Gasteiger partial charge in [0.15, 0.2) is 0 Å². The second-order valence-corrected chi connectivity index (χ2v) is 8.37. The Balaban J connectivity index is 1.61. The molecule has 0 unspecified atom stereocenters. The van der Waals surface area contributed by atoms with Crippen molar-refractivity contribution >= 4 is 40.9 Å². The maximum atomic E-state index is 13.1. The fourth-order valence-corrected chi connectivity index (χ4v) is 4.19. The first-order valence-corrected chi connectivity index (χ1v) is 10.7. The molecule has 0 aliphatic carbocycles. The van der Waals surface area contributed by atoms with Crippen LogP contribution >= 0.6 is 0 Å². The number of aromatic amines is 1. The van der Waals surface area contributed by atoms with Crippen LogP contribution in [0.15, 0.2) is 23.0 Å². The number of amides is 3. The zero-order valence-electron chi connectivity index (χ0n) is 18.3. The number of non-ortho nitro benzene ring substituents is 1. The lowest BCUT2D eigenvalue weighted by Crippen LogP contribution is -2.41. The maximum Gasteiger partial charge on any atom is 0.271 e. The second kappa shape index (κ2) is 8.92. The van der Waals surface area contributed by atoms with Gasteiger partial charge in [-0.25, -0.2) is 0 Å². The Hall–Kier alpha value is -4.29. The van der Waals surface area contributed by atoms with Crippen LogP contribution in [0.25, 0.3) is 0 Å². The zero-order valence-corrected chi connectivity index (χ0v) is 18.3. The Labute approximate surface area is 192 Å². The summed E-state index contributed by atoms with van der Waals surface area (Å²) in [6.07, 6.45) is 0.743. The smallest absolute Gasteiger partial charge is 0.271 e. The molecule has 2 aliphatic rings.